The van der Waals surface area contributed by atoms with Crippen molar-refractivity contribution < 1.29 is 24.2 Å². The first kappa shape index (κ1) is 30.0. The molecule has 3 N–H and O–H groups in total. The molecule has 1 fully saturated rings. The van der Waals surface area contributed by atoms with Crippen molar-refractivity contribution in [2.45, 2.75) is 64.9 Å². The fourth-order valence-electron chi connectivity index (χ4n) is 5.85. The quantitative estimate of drug-likeness (QED) is 0.269. The predicted octanol–water partition coefficient (Wildman–Crippen LogP) is 5.92. The number of benzene rings is 3. The summed E-state index contributed by atoms with van der Waals surface area (Å²) in [4.78, 5) is 41.7. The number of aryl methyl sites for hydroxylation is 2. The molecule has 0 aliphatic heterocycles. The van der Waals surface area contributed by atoms with Crippen LogP contribution in [0, 0.1) is 11.8 Å². The van der Waals surface area contributed by atoms with E-state index in [-0.39, 0.29) is 6.42 Å². The molecule has 4 unspecified atom stereocenters. The highest BCUT2D eigenvalue weighted by molar-refractivity contribution is 6.10. The Morgan fingerprint density at radius 2 is 1.46 bits per heavy atom. The number of hydrogen-bond donors (Lipinski definition) is 3. The summed E-state index contributed by atoms with van der Waals surface area (Å²) in [6.45, 7) is 8.00. The normalized spacial score (nSPS) is 22.2. The summed E-state index contributed by atoms with van der Waals surface area (Å²) in [7, 11) is 0. The molecule has 216 valence electrons. The summed E-state index contributed by atoms with van der Waals surface area (Å²) in [6, 6.07) is 22.1. The minimum atomic E-state index is -1.69. The van der Waals surface area contributed by atoms with E-state index in [0.29, 0.717) is 42.1 Å². The molecule has 2 amide bonds. The van der Waals surface area contributed by atoms with E-state index in [1.54, 1.807) is 30.3 Å². The van der Waals surface area contributed by atoms with Gasteiger partial charge >= 0.3 is 0 Å². The first-order valence-electron chi connectivity index (χ1n) is 14.5. The number of carbonyl (C=O) groups is 3. The number of ketones is 1. The molecule has 4 atom stereocenters. The third-order valence-electron chi connectivity index (χ3n) is 7.86. The first-order chi connectivity index (χ1) is 19.7. The number of ether oxygens (including phenoxy) is 1. The van der Waals surface area contributed by atoms with Gasteiger partial charge in [-0.05, 0) is 67.1 Å². The minimum Gasteiger partial charge on any atom is -0.494 e. The van der Waals surface area contributed by atoms with Crippen molar-refractivity contribution in [3.8, 4) is 5.75 Å². The fourth-order valence-corrected chi connectivity index (χ4v) is 5.85. The molecule has 7 heteroatoms. The monoisotopic (exact) mass is 556 g/mol. The van der Waals surface area contributed by atoms with Crippen molar-refractivity contribution in [2.75, 3.05) is 17.2 Å². The molecule has 0 heterocycles. The molecule has 0 spiro atoms. The zero-order valence-electron chi connectivity index (χ0n) is 24.3. The number of anilines is 2. The van der Waals surface area contributed by atoms with Crippen LogP contribution < -0.4 is 15.4 Å². The SMILES string of the molecule is CCCOc1cccc(C2C(C(=O)Nc3ccccc3CC)C(=O)CC(C)(O)C2C(=O)Nc2ccccc2CC)c1. The highest BCUT2D eigenvalue weighted by Crippen LogP contribution is 2.47. The van der Waals surface area contributed by atoms with Crippen LogP contribution in [-0.4, -0.2) is 34.9 Å². The Bertz CT molecular complexity index is 1400. The number of aliphatic hydroxyl groups is 1. The van der Waals surface area contributed by atoms with E-state index in [1.165, 1.54) is 6.92 Å². The fraction of sp³-hybridized carbons (Fsp3) is 0.382. The highest BCUT2D eigenvalue weighted by atomic mass is 16.5. The molecule has 0 saturated heterocycles. The topological polar surface area (TPSA) is 105 Å². The maximum atomic E-state index is 14.1. The van der Waals surface area contributed by atoms with E-state index in [4.69, 9.17) is 4.74 Å². The van der Waals surface area contributed by atoms with E-state index >= 15 is 0 Å². The van der Waals surface area contributed by atoms with E-state index in [9.17, 15) is 19.5 Å². The molecule has 0 bridgehead atoms. The van der Waals surface area contributed by atoms with Gasteiger partial charge < -0.3 is 20.5 Å². The number of carbonyl (C=O) groups excluding carboxylic acids is 3. The summed E-state index contributed by atoms with van der Waals surface area (Å²) >= 11 is 0. The van der Waals surface area contributed by atoms with Crippen LogP contribution in [0.3, 0.4) is 0 Å². The number of amides is 2. The maximum Gasteiger partial charge on any atom is 0.235 e. The number of nitrogens with one attached hydrogen (secondary N) is 2. The van der Waals surface area contributed by atoms with Gasteiger partial charge in [-0.15, -0.1) is 0 Å². The second-order valence-corrected chi connectivity index (χ2v) is 10.9. The van der Waals surface area contributed by atoms with Crippen LogP contribution in [0.1, 0.15) is 63.1 Å². The molecule has 1 saturated carbocycles. The van der Waals surface area contributed by atoms with Gasteiger partial charge in [-0.25, -0.2) is 0 Å². The smallest absolute Gasteiger partial charge is 0.235 e. The Morgan fingerprint density at radius 3 is 2.05 bits per heavy atom. The number of rotatable bonds is 10. The minimum absolute atomic E-state index is 0.323. The van der Waals surface area contributed by atoms with Gasteiger partial charge in [0.15, 0.2) is 0 Å². The molecule has 3 aromatic carbocycles. The average molecular weight is 557 g/mol. The van der Waals surface area contributed by atoms with Crippen molar-refractivity contribution in [2.24, 2.45) is 11.8 Å². The van der Waals surface area contributed by atoms with Crippen LogP contribution >= 0.6 is 0 Å². The molecule has 0 radical (unpaired) electrons. The lowest BCUT2D eigenvalue weighted by molar-refractivity contribution is -0.150. The molecule has 41 heavy (non-hydrogen) atoms. The summed E-state index contributed by atoms with van der Waals surface area (Å²) in [5.74, 6) is -4.00. The van der Waals surface area contributed by atoms with Crippen LogP contribution in [0.4, 0.5) is 11.4 Å². The zero-order chi connectivity index (χ0) is 29.6. The van der Waals surface area contributed by atoms with Crippen LogP contribution in [-0.2, 0) is 27.2 Å². The summed E-state index contributed by atoms with van der Waals surface area (Å²) in [5.41, 5.74) is 2.05. The van der Waals surface area contributed by atoms with Crippen molar-refractivity contribution >= 4 is 29.0 Å². The molecule has 1 aliphatic rings. The van der Waals surface area contributed by atoms with Gasteiger partial charge in [-0.3, -0.25) is 14.4 Å². The van der Waals surface area contributed by atoms with Gasteiger partial charge in [-0.2, -0.15) is 0 Å². The van der Waals surface area contributed by atoms with Gasteiger partial charge in [0.25, 0.3) is 0 Å². The molecular weight excluding hydrogens is 516 g/mol. The van der Waals surface area contributed by atoms with Crippen LogP contribution in [0.5, 0.6) is 5.75 Å². The number of para-hydroxylation sites is 2. The standard InChI is InChI=1S/C34H40N2O5/c1-5-19-41-25-16-12-15-24(20-25)29-30(32(38)35-26-17-10-8-13-22(26)6-2)28(37)21-34(4,40)31(29)33(39)36-27-18-11-9-14-23(27)7-3/h8-18,20,29-31,40H,5-7,19,21H2,1-4H3,(H,35,38)(H,36,39). The van der Waals surface area contributed by atoms with Gasteiger partial charge in [0.2, 0.25) is 11.8 Å². The molecule has 4 rings (SSSR count). The van der Waals surface area contributed by atoms with Crippen molar-refractivity contribution in [1.82, 2.24) is 0 Å². The molecule has 3 aromatic rings. The molecule has 0 aromatic heterocycles. The molecule has 7 nitrogen and oxygen atoms in total. The lowest BCUT2D eigenvalue weighted by Crippen LogP contribution is -2.56. The van der Waals surface area contributed by atoms with Gasteiger partial charge in [-0.1, -0.05) is 69.3 Å². The highest BCUT2D eigenvalue weighted by Gasteiger charge is 2.56. The number of Topliss-reactive ketones (excluding diaryl/α,β-unsaturated/α-hetero) is 1. The Hall–Kier alpha value is -3.97. The van der Waals surface area contributed by atoms with E-state index in [0.717, 1.165) is 17.5 Å². The van der Waals surface area contributed by atoms with E-state index < -0.39 is 41.0 Å². The Balaban J connectivity index is 1.80. The predicted molar refractivity (Wildman–Crippen MR) is 161 cm³/mol. The van der Waals surface area contributed by atoms with Crippen LogP contribution in [0.2, 0.25) is 0 Å². The number of hydrogen-bond acceptors (Lipinski definition) is 5. The molecular formula is C34H40N2O5. The Morgan fingerprint density at radius 1 is 0.878 bits per heavy atom. The van der Waals surface area contributed by atoms with Crippen molar-refractivity contribution in [1.29, 1.82) is 0 Å². The first-order valence-corrected chi connectivity index (χ1v) is 14.5. The van der Waals surface area contributed by atoms with Crippen LogP contribution in [0.15, 0.2) is 72.8 Å². The zero-order valence-corrected chi connectivity index (χ0v) is 24.3. The lowest BCUT2D eigenvalue weighted by atomic mass is 9.61. The average Bonchev–Trinajstić information content (AvgIpc) is 2.95. The van der Waals surface area contributed by atoms with Crippen LogP contribution in [0.25, 0.3) is 0 Å². The third-order valence-corrected chi connectivity index (χ3v) is 7.86. The summed E-state index contributed by atoms with van der Waals surface area (Å²) in [5, 5.41) is 17.6. The van der Waals surface area contributed by atoms with Gasteiger partial charge in [0.05, 0.1) is 18.1 Å². The molecule has 1 aliphatic carbocycles. The lowest BCUT2D eigenvalue weighted by Gasteiger charge is -2.44. The Kier molecular flexibility index (Phi) is 9.61. The summed E-state index contributed by atoms with van der Waals surface area (Å²) in [6.07, 6.45) is 1.89. The van der Waals surface area contributed by atoms with Gasteiger partial charge in [0.1, 0.15) is 17.5 Å². The van der Waals surface area contributed by atoms with E-state index in [2.05, 4.69) is 10.6 Å². The second kappa shape index (κ2) is 13.1. The third kappa shape index (κ3) is 6.68. The van der Waals surface area contributed by atoms with Crippen molar-refractivity contribution in [3.63, 3.8) is 0 Å². The second-order valence-electron chi connectivity index (χ2n) is 10.9. The van der Waals surface area contributed by atoms with Gasteiger partial charge in [0, 0.05) is 23.7 Å². The Labute approximate surface area is 242 Å². The maximum absolute atomic E-state index is 14.1. The van der Waals surface area contributed by atoms with E-state index in [1.807, 2.05) is 63.2 Å². The summed E-state index contributed by atoms with van der Waals surface area (Å²) < 4.78 is 5.86. The van der Waals surface area contributed by atoms with Crippen molar-refractivity contribution in [3.05, 3.63) is 89.5 Å². The largest absolute Gasteiger partial charge is 0.494 e.